The average molecular weight is 365 g/mol. The highest BCUT2D eigenvalue weighted by atomic mass is 16.5. The number of amides is 1. The summed E-state index contributed by atoms with van der Waals surface area (Å²) >= 11 is 0. The van der Waals surface area contributed by atoms with Crippen LogP contribution in [0.3, 0.4) is 0 Å². The molecule has 0 aliphatic carbocycles. The number of nitrogens with zero attached hydrogens (tertiary/aromatic N) is 2. The summed E-state index contributed by atoms with van der Waals surface area (Å²) in [5, 5.41) is 7.24. The summed E-state index contributed by atoms with van der Waals surface area (Å²) in [6.45, 7) is 4.72. The molecular formula is C21H23N3O3. The summed E-state index contributed by atoms with van der Waals surface area (Å²) in [4.78, 5) is 12.3. The van der Waals surface area contributed by atoms with Gasteiger partial charge in [0.05, 0.1) is 19.3 Å². The molecule has 0 atom stereocenters. The highest BCUT2D eigenvalue weighted by molar-refractivity contribution is 5.92. The van der Waals surface area contributed by atoms with Crippen molar-refractivity contribution in [3.05, 3.63) is 71.5 Å². The first-order chi connectivity index (χ1) is 13.1. The Hall–Kier alpha value is -3.28. The Morgan fingerprint density at radius 2 is 1.70 bits per heavy atom. The first-order valence-corrected chi connectivity index (χ1v) is 8.75. The van der Waals surface area contributed by atoms with Crippen molar-refractivity contribution >= 4 is 5.91 Å². The quantitative estimate of drug-likeness (QED) is 0.653. The van der Waals surface area contributed by atoms with Crippen molar-refractivity contribution in [2.75, 3.05) is 20.3 Å². The van der Waals surface area contributed by atoms with Gasteiger partial charge >= 0.3 is 0 Å². The van der Waals surface area contributed by atoms with E-state index in [4.69, 9.17) is 9.47 Å². The van der Waals surface area contributed by atoms with Crippen LogP contribution in [0, 0.1) is 13.8 Å². The van der Waals surface area contributed by atoms with E-state index in [0.717, 1.165) is 22.9 Å². The van der Waals surface area contributed by atoms with Gasteiger partial charge < -0.3 is 14.8 Å². The number of carbonyl (C=O) groups excluding carboxylic acids is 1. The minimum absolute atomic E-state index is 0.220. The van der Waals surface area contributed by atoms with Gasteiger partial charge in [-0.05, 0) is 56.3 Å². The molecule has 3 aromatic rings. The molecule has 0 aliphatic rings. The lowest BCUT2D eigenvalue weighted by Crippen LogP contribution is -2.28. The maximum atomic E-state index is 12.3. The van der Waals surface area contributed by atoms with Gasteiger partial charge in [0, 0.05) is 5.69 Å². The van der Waals surface area contributed by atoms with Crippen LogP contribution >= 0.6 is 0 Å². The van der Waals surface area contributed by atoms with Gasteiger partial charge in [0.2, 0.25) is 0 Å². The molecule has 2 aromatic carbocycles. The van der Waals surface area contributed by atoms with Gasteiger partial charge in [-0.3, -0.25) is 4.79 Å². The van der Waals surface area contributed by atoms with Gasteiger partial charge in [-0.15, -0.1) is 0 Å². The number of methoxy groups -OCH3 is 1. The molecule has 0 saturated heterocycles. The number of aryl methyl sites for hydroxylation is 2. The zero-order chi connectivity index (χ0) is 19.2. The third-order valence-electron chi connectivity index (χ3n) is 4.11. The second-order valence-corrected chi connectivity index (χ2v) is 6.20. The summed E-state index contributed by atoms with van der Waals surface area (Å²) in [6, 6.07) is 17.1. The van der Waals surface area contributed by atoms with E-state index in [-0.39, 0.29) is 5.91 Å². The SMILES string of the molecule is COc1ccc(OCCNC(=O)c2cc(C)n(-c3ccc(C)cc3)n2)cc1. The molecule has 6 nitrogen and oxygen atoms in total. The molecule has 0 fully saturated rings. The number of hydrogen-bond acceptors (Lipinski definition) is 4. The van der Waals surface area contributed by atoms with E-state index in [1.54, 1.807) is 17.9 Å². The number of aromatic nitrogens is 2. The summed E-state index contributed by atoms with van der Waals surface area (Å²) in [7, 11) is 1.62. The van der Waals surface area contributed by atoms with Crippen molar-refractivity contribution in [2.45, 2.75) is 13.8 Å². The number of rotatable bonds is 7. The van der Waals surface area contributed by atoms with E-state index in [1.165, 1.54) is 5.56 Å². The zero-order valence-electron chi connectivity index (χ0n) is 15.7. The molecule has 1 aromatic heterocycles. The maximum absolute atomic E-state index is 12.3. The summed E-state index contributed by atoms with van der Waals surface area (Å²) in [5.41, 5.74) is 3.40. The van der Waals surface area contributed by atoms with Gasteiger partial charge in [0.25, 0.3) is 5.91 Å². The van der Waals surface area contributed by atoms with Crippen molar-refractivity contribution in [3.8, 4) is 17.2 Å². The van der Waals surface area contributed by atoms with Crippen LogP contribution in [0.2, 0.25) is 0 Å². The van der Waals surface area contributed by atoms with Crippen molar-refractivity contribution in [1.82, 2.24) is 15.1 Å². The molecule has 0 radical (unpaired) electrons. The Morgan fingerprint density at radius 1 is 1.04 bits per heavy atom. The number of hydrogen-bond donors (Lipinski definition) is 1. The predicted octanol–water partition coefficient (Wildman–Crippen LogP) is 3.31. The van der Waals surface area contributed by atoms with E-state index in [2.05, 4.69) is 10.4 Å². The molecule has 1 N–H and O–H groups in total. The predicted molar refractivity (Wildman–Crippen MR) is 104 cm³/mol. The fourth-order valence-corrected chi connectivity index (χ4v) is 2.63. The monoisotopic (exact) mass is 365 g/mol. The van der Waals surface area contributed by atoms with E-state index in [0.29, 0.717) is 18.8 Å². The highest BCUT2D eigenvalue weighted by Gasteiger charge is 2.13. The highest BCUT2D eigenvalue weighted by Crippen LogP contribution is 2.17. The van der Waals surface area contributed by atoms with Gasteiger partial charge in [0.1, 0.15) is 18.1 Å². The topological polar surface area (TPSA) is 65.4 Å². The smallest absolute Gasteiger partial charge is 0.271 e. The number of nitrogens with one attached hydrogen (secondary N) is 1. The molecule has 1 heterocycles. The average Bonchev–Trinajstić information content (AvgIpc) is 3.08. The Labute approximate surface area is 158 Å². The van der Waals surface area contributed by atoms with Crippen molar-refractivity contribution in [2.24, 2.45) is 0 Å². The van der Waals surface area contributed by atoms with Crippen LogP contribution in [-0.2, 0) is 0 Å². The zero-order valence-corrected chi connectivity index (χ0v) is 15.7. The first-order valence-electron chi connectivity index (χ1n) is 8.75. The Morgan fingerprint density at radius 3 is 2.37 bits per heavy atom. The van der Waals surface area contributed by atoms with Crippen LogP contribution in [0.1, 0.15) is 21.7 Å². The Balaban J connectivity index is 1.53. The summed E-state index contributed by atoms with van der Waals surface area (Å²) in [6.07, 6.45) is 0. The minimum Gasteiger partial charge on any atom is -0.497 e. The largest absolute Gasteiger partial charge is 0.497 e. The minimum atomic E-state index is -0.220. The first kappa shape index (κ1) is 18.5. The van der Waals surface area contributed by atoms with Gasteiger partial charge in [0.15, 0.2) is 5.69 Å². The normalized spacial score (nSPS) is 10.5. The van der Waals surface area contributed by atoms with Crippen molar-refractivity contribution < 1.29 is 14.3 Å². The van der Waals surface area contributed by atoms with Crippen LogP contribution < -0.4 is 14.8 Å². The Bertz CT molecular complexity index is 899. The van der Waals surface area contributed by atoms with Crippen molar-refractivity contribution in [3.63, 3.8) is 0 Å². The summed E-state index contributed by atoms with van der Waals surface area (Å²) in [5.74, 6) is 1.28. The van der Waals surface area contributed by atoms with Crippen LogP contribution in [0.15, 0.2) is 54.6 Å². The van der Waals surface area contributed by atoms with Crippen LogP contribution in [0.5, 0.6) is 11.5 Å². The van der Waals surface area contributed by atoms with Crippen molar-refractivity contribution in [1.29, 1.82) is 0 Å². The molecule has 1 amide bonds. The van der Waals surface area contributed by atoms with Gasteiger partial charge in [-0.2, -0.15) is 5.10 Å². The lowest BCUT2D eigenvalue weighted by molar-refractivity contribution is 0.0941. The molecule has 27 heavy (non-hydrogen) atoms. The van der Waals surface area contributed by atoms with E-state index in [9.17, 15) is 4.79 Å². The van der Waals surface area contributed by atoms with Crippen LogP contribution in [0.25, 0.3) is 5.69 Å². The second-order valence-electron chi connectivity index (χ2n) is 6.20. The van der Waals surface area contributed by atoms with E-state index < -0.39 is 0 Å². The van der Waals surface area contributed by atoms with Crippen LogP contribution in [-0.4, -0.2) is 35.9 Å². The molecule has 0 unspecified atom stereocenters. The fourth-order valence-electron chi connectivity index (χ4n) is 2.63. The van der Waals surface area contributed by atoms with Gasteiger partial charge in [-0.1, -0.05) is 17.7 Å². The second kappa shape index (κ2) is 8.40. The Kier molecular flexibility index (Phi) is 5.76. The number of benzene rings is 2. The lowest BCUT2D eigenvalue weighted by Gasteiger charge is -2.07. The standard InChI is InChI=1S/C21H23N3O3/c1-15-4-6-17(7-5-15)24-16(2)14-20(23-24)21(25)22-12-13-27-19-10-8-18(26-3)9-11-19/h4-11,14H,12-13H2,1-3H3,(H,22,25). The molecular weight excluding hydrogens is 342 g/mol. The molecule has 140 valence electrons. The molecule has 0 saturated carbocycles. The number of ether oxygens (including phenoxy) is 2. The fraction of sp³-hybridized carbons (Fsp3) is 0.238. The number of carbonyl (C=O) groups is 1. The molecule has 0 aliphatic heterocycles. The van der Waals surface area contributed by atoms with E-state index >= 15 is 0 Å². The van der Waals surface area contributed by atoms with E-state index in [1.807, 2.05) is 62.4 Å². The lowest BCUT2D eigenvalue weighted by atomic mass is 10.2. The maximum Gasteiger partial charge on any atom is 0.271 e. The molecule has 3 rings (SSSR count). The van der Waals surface area contributed by atoms with Gasteiger partial charge in [-0.25, -0.2) is 4.68 Å². The third kappa shape index (κ3) is 4.67. The molecule has 0 spiro atoms. The molecule has 0 bridgehead atoms. The van der Waals surface area contributed by atoms with Crippen LogP contribution in [0.4, 0.5) is 0 Å². The third-order valence-corrected chi connectivity index (χ3v) is 4.11. The summed E-state index contributed by atoms with van der Waals surface area (Å²) < 4.78 is 12.5. The molecule has 6 heteroatoms.